The Morgan fingerprint density at radius 1 is 1.04 bits per heavy atom. The molecule has 0 bridgehead atoms. The molecule has 0 radical (unpaired) electrons. The number of para-hydroxylation sites is 1. The Morgan fingerprint density at radius 2 is 1.85 bits per heavy atom. The number of benzene rings is 2. The SMILES string of the molecule is COC(=O)c1cccc2[nH]c(NC(=O)Nc3cc4ccccc4cn3)nc12. The summed E-state index contributed by atoms with van der Waals surface area (Å²) in [5.41, 5.74) is 1.34. The van der Waals surface area contributed by atoms with E-state index in [1.807, 2.05) is 24.3 Å². The van der Waals surface area contributed by atoms with Crippen LogP contribution < -0.4 is 10.6 Å². The summed E-state index contributed by atoms with van der Waals surface area (Å²) in [7, 11) is 1.30. The van der Waals surface area contributed by atoms with Gasteiger partial charge in [0.25, 0.3) is 0 Å². The number of fused-ring (bicyclic) bond motifs is 2. The normalized spacial score (nSPS) is 10.7. The highest BCUT2D eigenvalue weighted by Gasteiger charge is 2.15. The predicted octanol–water partition coefficient (Wildman–Crippen LogP) is 3.54. The molecule has 0 spiro atoms. The van der Waals surface area contributed by atoms with Gasteiger partial charge in [-0.05, 0) is 23.6 Å². The number of methoxy groups -OCH3 is 1. The summed E-state index contributed by atoms with van der Waals surface area (Å²) in [6, 6.07) is 14.1. The molecule has 2 aromatic heterocycles. The van der Waals surface area contributed by atoms with Gasteiger partial charge in [0.2, 0.25) is 5.95 Å². The smallest absolute Gasteiger partial charge is 0.340 e. The molecule has 8 nitrogen and oxygen atoms in total. The van der Waals surface area contributed by atoms with Crippen molar-refractivity contribution in [3.8, 4) is 0 Å². The average molecular weight is 361 g/mol. The number of carbonyl (C=O) groups excluding carboxylic acids is 2. The van der Waals surface area contributed by atoms with Crippen molar-refractivity contribution in [2.45, 2.75) is 0 Å². The van der Waals surface area contributed by atoms with Crippen molar-refractivity contribution in [1.29, 1.82) is 0 Å². The molecule has 0 fully saturated rings. The van der Waals surface area contributed by atoms with Crippen molar-refractivity contribution < 1.29 is 14.3 Å². The highest BCUT2D eigenvalue weighted by molar-refractivity contribution is 6.04. The number of nitrogens with zero attached hydrogens (tertiary/aromatic N) is 2. The van der Waals surface area contributed by atoms with Crippen LogP contribution in [0.1, 0.15) is 10.4 Å². The zero-order valence-corrected chi connectivity index (χ0v) is 14.3. The van der Waals surface area contributed by atoms with Gasteiger partial charge in [-0.3, -0.25) is 10.6 Å². The molecule has 0 saturated heterocycles. The van der Waals surface area contributed by atoms with E-state index in [-0.39, 0.29) is 5.95 Å². The third-order valence-electron chi connectivity index (χ3n) is 4.02. The minimum absolute atomic E-state index is 0.208. The zero-order valence-electron chi connectivity index (χ0n) is 14.3. The number of ether oxygens (including phenoxy) is 1. The fraction of sp³-hybridized carbons (Fsp3) is 0.0526. The van der Waals surface area contributed by atoms with Gasteiger partial charge in [-0.2, -0.15) is 0 Å². The molecule has 0 aliphatic heterocycles. The van der Waals surface area contributed by atoms with Crippen LogP contribution in [0.5, 0.6) is 0 Å². The minimum Gasteiger partial charge on any atom is -0.465 e. The van der Waals surface area contributed by atoms with E-state index < -0.39 is 12.0 Å². The van der Waals surface area contributed by atoms with Crippen molar-refractivity contribution >= 4 is 45.6 Å². The average Bonchev–Trinajstić information content (AvgIpc) is 3.09. The zero-order chi connectivity index (χ0) is 18.8. The number of hydrogen-bond donors (Lipinski definition) is 3. The van der Waals surface area contributed by atoms with E-state index in [0.29, 0.717) is 22.4 Å². The first-order valence-corrected chi connectivity index (χ1v) is 8.14. The van der Waals surface area contributed by atoms with Gasteiger partial charge in [0.1, 0.15) is 11.3 Å². The van der Waals surface area contributed by atoms with E-state index >= 15 is 0 Å². The fourth-order valence-corrected chi connectivity index (χ4v) is 2.77. The van der Waals surface area contributed by atoms with Gasteiger partial charge in [0, 0.05) is 11.6 Å². The number of rotatable bonds is 3. The summed E-state index contributed by atoms with van der Waals surface area (Å²) in [6.07, 6.45) is 1.69. The Kier molecular flexibility index (Phi) is 4.13. The predicted molar refractivity (Wildman–Crippen MR) is 102 cm³/mol. The van der Waals surface area contributed by atoms with Crippen LogP contribution in [0.15, 0.2) is 54.7 Å². The summed E-state index contributed by atoms with van der Waals surface area (Å²) in [6.45, 7) is 0. The van der Waals surface area contributed by atoms with Gasteiger partial charge in [0.15, 0.2) is 0 Å². The van der Waals surface area contributed by atoms with E-state index in [0.717, 1.165) is 10.8 Å². The standard InChI is InChI=1S/C19H15N5O3/c1-27-17(25)13-7-4-8-14-16(13)23-18(21-14)24-19(26)22-15-9-11-5-2-3-6-12(11)10-20-15/h2-10H,1H3,(H3,20,21,22,23,24,26). The Labute approximate surface area is 153 Å². The van der Waals surface area contributed by atoms with Crippen LogP contribution in [0.25, 0.3) is 21.8 Å². The van der Waals surface area contributed by atoms with E-state index in [4.69, 9.17) is 4.74 Å². The number of H-pyrrole nitrogens is 1. The van der Waals surface area contributed by atoms with Gasteiger partial charge in [-0.1, -0.05) is 30.3 Å². The molecule has 0 aliphatic rings. The summed E-state index contributed by atoms with van der Waals surface area (Å²) in [4.78, 5) is 35.5. The number of esters is 1. The Bertz CT molecular complexity index is 1170. The third-order valence-corrected chi connectivity index (χ3v) is 4.02. The molecule has 2 aromatic carbocycles. The number of pyridine rings is 1. The summed E-state index contributed by atoms with van der Waals surface area (Å²) in [5.74, 6) is 0.126. The largest absolute Gasteiger partial charge is 0.465 e. The lowest BCUT2D eigenvalue weighted by atomic mass is 10.2. The van der Waals surface area contributed by atoms with E-state index in [2.05, 4.69) is 25.6 Å². The van der Waals surface area contributed by atoms with Crippen molar-refractivity contribution in [3.63, 3.8) is 0 Å². The Balaban J connectivity index is 1.54. The molecule has 0 saturated carbocycles. The number of aromatic amines is 1. The molecule has 4 aromatic rings. The quantitative estimate of drug-likeness (QED) is 0.484. The molecule has 4 rings (SSSR count). The molecule has 2 heterocycles. The van der Waals surface area contributed by atoms with E-state index in [1.54, 1.807) is 30.5 Å². The van der Waals surface area contributed by atoms with Crippen molar-refractivity contribution in [2.75, 3.05) is 17.7 Å². The maximum atomic E-state index is 12.3. The number of carbonyl (C=O) groups is 2. The van der Waals surface area contributed by atoms with Crippen LogP contribution in [0.2, 0.25) is 0 Å². The molecule has 27 heavy (non-hydrogen) atoms. The van der Waals surface area contributed by atoms with E-state index in [9.17, 15) is 9.59 Å². The first-order valence-electron chi connectivity index (χ1n) is 8.14. The summed E-state index contributed by atoms with van der Waals surface area (Å²) >= 11 is 0. The first-order chi connectivity index (χ1) is 13.1. The van der Waals surface area contributed by atoms with Gasteiger partial charge >= 0.3 is 12.0 Å². The topological polar surface area (TPSA) is 109 Å². The number of hydrogen-bond acceptors (Lipinski definition) is 5. The molecule has 0 atom stereocenters. The number of anilines is 2. The lowest BCUT2D eigenvalue weighted by Gasteiger charge is -2.05. The molecular weight excluding hydrogens is 346 g/mol. The number of nitrogens with one attached hydrogen (secondary N) is 3. The lowest BCUT2D eigenvalue weighted by molar-refractivity contribution is 0.0603. The van der Waals surface area contributed by atoms with Crippen molar-refractivity contribution in [1.82, 2.24) is 15.0 Å². The van der Waals surface area contributed by atoms with Gasteiger partial charge in [-0.25, -0.2) is 19.6 Å². The number of imidazole rings is 1. The van der Waals surface area contributed by atoms with Crippen LogP contribution >= 0.6 is 0 Å². The van der Waals surface area contributed by atoms with E-state index in [1.165, 1.54) is 7.11 Å². The lowest BCUT2D eigenvalue weighted by Crippen LogP contribution is -2.20. The fourth-order valence-electron chi connectivity index (χ4n) is 2.77. The summed E-state index contributed by atoms with van der Waals surface area (Å²) < 4.78 is 4.75. The molecule has 3 N–H and O–H groups in total. The Morgan fingerprint density at radius 3 is 2.67 bits per heavy atom. The second kappa shape index (κ2) is 6.75. The molecular formula is C19H15N5O3. The van der Waals surface area contributed by atoms with Crippen LogP contribution in [-0.4, -0.2) is 34.1 Å². The number of urea groups is 1. The highest BCUT2D eigenvalue weighted by atomic mass is 16.5. The van der Waals surface area contributed by atoms with Gasteiger partial charge < -0.3 is 9.72 Å². The minimum atomic E-state index is -0.503. The number of aromatic nitrogens is 3. The molecule has 0 unspecified atom stereocenters. The molecule has 134 valence electrons. The molecule has 2 amide bonds. The monoisotopic (exact) mass is 361 g/mol. The first kappa shape index (κ1) is 16.5. The molecule has 8 heteroatoms. The van der Waals surface area contributed by atoms with Crippen molar-refractivity contribution in [2.24, 2.45) is 0 Å². The third kappa shape index (κ3) is 3.28. The maximum Gasteiger partial charge on any atom is 0.340 e. The Hall–Kier alpha value is -3.94. The second-order valence-corrected chi connectivity index (χ2v) is 5.77. The van der Waals surface area contributed by atoms with Crippen LogP contribution in [0, 0.1) is 0 Å². The summed E-state index contributed by atoms with van der Waals surface area (Å²) in [5, 5.41) is 7.22. The van der Waals surface area contributed by atoms with Gasteiger partial charge in [0.05, 0.1) is 18.2 Å². The van der Waals surface area contributed by atoms with Crippen molar-refractivity contribution in [3.05, 3.63) is 60.3 Å². The van der Waals surface area contributed by atoms with Crippen LogP contribution in [0.4, 0.5) is 16.6 Å². The molecule has 0 aliphatic carbocycles. The highest BCUT2D eigenvalue weighted by Crippen LogP contribution is 2.20. The second-order valence-electron chi connectivity index (χ2n) is 5.77. The maximum absolute atomic E-state index is 12.3. The number of amides is 2. The van der Waals surface area contributed by atoms with Crippen LogP contribution in [0.3, 0.4) is 0 Å². The van der Waals surface area contributed by atoms with Crippen LogP contribution in [-0.2, 0) is 4.74 Å². The van der Waals surface area contributed by atoms with Gasteiger partial charge in [-0.15, -0.1) is 0 Å².